The molecule has 11 heavy (non-hydrogen) atoms. The Kier molecular flexibility index (Phi) is 2.84. The molecule has 1 aliphatic heterocycles. The summed E-state index contributed by atoms with van der Waals surface area (Å²) in [6.07, 6.45) is 1.11. The van der Waals surface area contributed by atoms with Gasteiger partial charge < -0.3 is 11.1 Å². The van der Waals surface area contributed by atoms with Crippen molar-refractivity contribution in [2.45, 2.75) is 12.5 Å². The summed E-state index contributed by atoms with van der Waals surface area (Å²) in [6.45, 7) is 2.39. The number of primary amides is 1. The number of likely N-dealkylation sites (N-methyl/N-ethyl adjacent to an activating group) is 1. The lowest BCUT2D eigenvalue weighted by Crippen LogP contribution is -2.39. The molecule has 0 spiro atoms. The van der Waals surface area contributed by atoms with Crippen LogP contribution in [0.4, 0.5) is 0 Å². The third kappa shape index (κ3) is 2.48. The first-order chi connectivity index (χ1) is 5.20. The second-order valence-corrected chi connectivity index (χ2v) is 3.03. The summed E-state index contributed by atoms with van der Waals surface area (Å²) in [5, 5.41) is 3.23. The summed E-state index contributed by atoms with van der Waals surface area (Å²) >= 11 is 0. The lowest BCUT2D eigenvalue weighted by atomic mass is 10.2. The number of carbonyl (C=O) groups is 1. The second kappa shape index (κ2) is 3.69. The molecule has 0 bridgehead atoms. The Hall–Kier alpha value is -0.610. The van der Waals surface area contributed by atoms with Crippen LogP contribution < -0.4 is 11.1 Å². The van der Waals surface area contributed by atoms with Crippen molar-refractivity contribution < 1.29 is 4.79 Å². The first-order valence-electron chi connectivity index (χ1n) is 3.89. The first-order valence-corrected chi connectivity index (χ1v) is 3.89. The van der Waals surface area contributed by atoms with Crippen molar-refractivity contribution >= 4 is 5.91 Å². The Morgan fingerprint density at radius 1 is 1.82 bits per heavy atom. The molecule has 1 amide bonds. The summed E-state index contributed by atoms with van der Waals surface area (Å²) in [6, 6.07) is 0.488. The van der Waals surface area contributed by atoms with E-state index in [4.69, 9.17) is 5.73 Å². The zero-order valence-electron chi connectivity index (χ0n) is 6.84. The van der Waals surface area contributed by atoms with E-state index in [1.165, 1.54) is 0 Å². The van der Waals surface area contributed by atoms with Gasteiger partial charge in [0.1, 0.15) is 0 Å². The monoisotopic (exact) mass is 157 g/mol. The Morgan fingerprint density at radius 3 is 3.00 bits per heavy atom. The van der Waals surface area contributed by atoms with E-state index in [0.717, 1.165) is 19.5 Å². The van der Waals surface area contributed by atoms with Crippen LogP contribution in [0.2, 0.25) is 0 Å². The standard InChI is InChI=1S/C7H15N3O/c1-10(5-7(8)11)6-2-3-9-4-6/h6,9H,2-5H2,1H3,(H2,8,11). The summed E-state index contributed by atoms with van der Waals surface area (Å²) in [4.78, 5) is 12.5. The van der Waals surface area contributed by atoms with Gasteiger partial charge in [-0.05, 0) is 20.0 Å². The van der Waals surface area contributed by atoms with Crippen molar-refractivity contribution in [2.75, 3.05) is 26.7 Å². The molecular formula is C7H15N3O. The van der Waals surface area contributed by atoms with E-state index in [1.807, 2.05) is 11.9 Å². The Balaban J connectivity index is 2.28. The number of hydrogen-bond donors (Lipinski definition) is 2. The van der Waals surface area contributed by atoms with Gasteiger partial charge in [0.05, 0.1) is 6.54 Å². The number of rotatable bonds is 3. The fourth-order valence-electron chi connectivity index (χ4n) is 1.39. The highest BCUT2D eigenvalue weighted by Gasteiger charge is 2.19. The van der Waals surface area contributed by atoms with Gasteiger partial charge in [0.25, 0.3) is 0 Å². The van der Waals surface area contributed by atoms with Crippen LogP contribution in [0.5, 0.6) is 0 Å². The number of carbonyl (C=O) groups excluding carboxylic acids is 1. The molecule has 1 saturated heterocycles. The van der Waals surface area contributed by atoms with Crippen molar-refractivity contribution in [1.29, 1.82) is 0 Å². The summed E-state index contributed by atoms with van der Waals surface area (Å²) in [7, 11) is 1.93. The van der Waals surface area contributed by atoms with Gasteiger partial charge in [-0.25, -0.2) is 0 Å². The van der Waals surface area contributed by atoms with Crippen LogP contribution in [0.3, 0.4) is 0 Å². The van der Waals surface area contributed by atoms with E-state index in [9.17, 15) is 4.79 Å². The summed E-state index contributed by atoms with van der Waals surface area (Å²) in [5.74, 6) is -0.251. The Labute approximate surface area is 66.7 Å². The maximum atomic E-state index is 10.5. The van der Waals surface area contributed by atoms with Gasteiger partial charge in [0.2, 0.25) is 5.91 Å². The molecule has 0 aromatic carbocycles. The average Bonchev–Trinajstić information content (AvgIpc) is 2.35. The van der Waals surface area contributed by atoms with Crippen molar-refractivity contribution in [3.8, 4) is 0 Å². The van der Waals surface area contributed by atoms with Gasteiger partial charge in [0, 0.05) is 12.6 Å². The molecule has 1 heterocycles. The van der Waals surface area contributed by atoms with Crippen molar-refractivity contribution in [2.24, 2.45) is 5.73 Å². The fraction of sp³-hybridized carbons (Fsp3) is 0.857. The van der Waals surface area contributed by atoms with Crippen molar-refractivity contribution in [1.82, 2.24) is 10.2 Å². The molecule has 0 saturated carbocycles. The molecule has 4 heteroatoms. The molecule has 0 radical (unpaired) electrons. The molecule has 1 fully saturated rings. The van der Waals surface area contributed by atoms with Gasteiger partial charge in [-0.2, -0.15) is 0 Å². The van der Waals surface area contributed by atoms with E-state index in [1.54, 1.807) is 0 Å². The van der Waals surface area contributed by atoms with E-state index in [2.05, 4.69) is 5.32 Å². The normalized spacial score (nSPS) is 24.4. The van der Waals surface area contributed by atoms with Crippen LogP contribution >= 0.6 is 0 Å². The van der Waals surface area contributed by atoms with E-state index < -0.39 is 0 Å². The minimum atomic E-state index is -0.251. The lowest BCUT2D eigenvalue weighted by Gasteiger charge is -2.21. The second-order valence-electron chi connectivity index (χ2n) is 3.03. The molecular weight excluding hydrogens is 142 g/mol. The largest absolute Gasteiger partial charge is 0.369 e. The van der Waals surface area contributed by atoms with Gasteiger partial charge in [0.15, 0.2) is 0 Å². The lowest BCUT2D eigenvalue weighted by molar-refractivity contribution is -0.119. The fourth-order valence-corrected chi connectivity index (χ4v) is 1.39. The van der Waals surface area contributed by atoms with Crippen LogP contribution in [0.15, 0.2) is 0 Å². The topological polar surface area (TPSA) is 58.4 Å². The predicted octanol–water partition coefficient (Wildman–Crippen LogP) is -1.23. The van der Waals surface area contributed by atoms with Crippen LogP contribution in [0.1, 0.15) is 6.42 Å². The van der Waals surface area contributed by atoms with Gasteiger partial charge in [-0.3, -0.25) is 9.69 Å². The molecule has 0 aromatic rings. The zero-order valence-corrected chi connectivity index (χ0v) is 6.84. The smallest absolute Gasteiger partial charge is 0.231 e. The highest BCUT2D eigenvalue weighted by atomic mass is 16.1. The van der Waals surface area contributed by atoms with Crippen LogP contribution in [0, 0.1) is 0 Å². The summed E-state index contributed by atoms with van der Waals surface area (Å²) < 4.78 is 0. The molecule has 0 aromatic heterocycles. The minimum Gasteiger partial charge on any atom is -0.369 e. The van der Waals surface area contributed by atoms with Gasteiger partial charge >= 0.3 is 0 Å². The third-order valence-electron chi connectivity index (χ3n) is 2.06. The molecule has 1 atom stereocenters. The highest BCUT2D eigenvalue weighted by Crippen LogP contribution is 2.04. The molecule has 1 rings (SSSR count). The number of nitrogens with zero attached hydrogens (tertiary/aromatic N) is 1. The van der Waals surface area contributed by atoms with E-state index in [0.29, 0.717) is 12.6 Å². The van der Waals surface area contributed by atoms with E-state index >= 15 is 0 Å². The molecule has 4 nitrogen and oxygen atoms in total. The minimum absolute atomic E-state index is 0.251. The molecule has 3 N–H and O–H groups in total. The van der Waals surface area contributed by atoms with Crippen LogP contribution in [-0.2, 0) is 4.79 Å². The summed E-state index contributed by atoms with van der Waals surface area (Å²) in [5.41, 5.74) is 5.06. The van der Waals surface area contributed by atoms with Crippen LogP contribution in [-0.4, -0.2) is 43.5 Å². The van der Waals surface area contributed by atoms with Crippen LogP contribution in [0.25, 0.3) is 0 Å². The number of nitrogens with two attached hydrogens (primary N) is 1. The quantitative estimate of drug-likeness (QED) is 0.539. The molecule has 1 unspecified atom stereocenters. The highest BCUT2D eigenvalue weighted by molar-refractivity contribution is 5.75. The Morgan fingerprint density at radius 2 is 2.55 bits per heavy atom. The average molecular weight is 157 g/mol. The number of hydrogen-bond acceptors (Lipinski definition) is 3. The molecule has 1 aliphatic rings. The van der Waals surface area contributed by atoms with Gasteiger partial charge in [-0.15, -0.1) is 0 Å². The first kappa shape index (κ1) is 8.49. The van der Waals surface area contributed by atoms with Gasteiger partial charge in [-0.1, -0.05) is 0 Å². The maximum absolute atomic E-state index is 10.5. The number of amides is 1. The predicted molar refractivity (Wildman–Crippen MR) is 43.1 cm³/mol. The van der Waals surface area contributed by atoms with Crippen molar-refractivity contribution in [3.05, 3.63) is 0 Å². The third-order valence-corrected chi connectivity index (χ3v) is 2.06. The zero-order chi connectivity index (χ0) is 8.27. The molecule has 64 valence electrons. The maximum Gasteiger partial charge on any atom is 0.231 e. The van der Waals surface area contributed by atoms with Crippen molar-refractivity contribution in [3.63, 3.8) is 0 Å². The van der Waals surface area contributed by atoms with E-state index in [-0.39, 0.29) is 5.91 Å². The Bertz CT molecular complexity index is 143. The SMILES string of the molecule is CN(CC(N)=O)C1CCNC1. The number of nitrogens with one attached hydrogen (secondary N) is 1. The molecule has 0 aliphatic carbocycles.